The van der Waals surface area contributed by atoms with Gasteiger partial charge in [0, 0.05) is 0 Å². The summed E-state index contributed by atoms with van der Waals surface area (Å²) in [7, 11) is -3.84. The topological polar surface area (TPSA) is 38.7 Å². The number of rotatable bonds is 8. The molecule has 3 rings (SSSR count). The van der Waals surface area contributed by atoms with Crippen LogP contribution in [0.1, 0.15) is 71.6 Å². The molecule has 0 heterocycles. The Morgan fingerprint density at radius 2 is 0.923 bits per heavy atom. The summed E-state index contributed by atoms with van der Waals surface area (Å²) in [6.07, 6.45) is 0.862. The Morgan fingerprint density at radius 3 is 1.26 bits per heavy atom. The summed E-state index contributed by atoms with van der Waals surface area (Å²) >= 11 is 0. The molecule has 210 valence electrons. The second kappa shape index (κ2) is 11.4. The summed E-state index contributed by atoms with van der Waals surface area (Å²) in [6, 6.07) is 24.6. The molecule has 5 heteroatoms. The summed E-state index contributed by atoms with van der Waals surface area (Å²) in [4.78, 5) is 0. The van der Waals surface area contributed by atoms with Crippen LogP contribution in [0.5, 0.6) is 17.2 Å². The van der Waals surface area contributed by atoms with E-state index in [1.54, 1.807) is 12.1 Å². The fourth-order valence-electron chi connectivity index (χ4n) is 3.98. The number of benzene rings is 3. The minimum atomic E-state index is -1.93. The molecule has 0 aliphatic rings. The SMILES string of the molecule is CC/C(=C(/c1ccc(O)cc1)c1ccc(O[Si](C)(C)C(C)(C)C)cc1)c1ccc(O[Si](C)(C)C(C)(C)C)cc1. The highest BCUT2D eigenvalue weighted by Crippen LogP contribution is 2.40. The number of aromatic hydroxyl groups is 1. The van der Waals surface area contributed by atoms with Crippen LogP contribution in [0.15, 0.2) is 72.8 Å². The van der Waals surface area contributed by atoms with E-state index in [1.165, 1.54) is 11.1 Å². The van der Waals surface area contributed by atoms with Gasteiger partial charge < -0.3 is 14.0 Å². The van der Waals surface area contributed by atoms with Crippen LogP contribution in [0.3, 0.4) is 0 Å². The molecule has 1 N–H and O–H groups in total. The zero-order chi connectivity index (χ0) is 29.2. The lowest BCUT2D eigenvalue weighted by atomic mass is 9.88. The molecule has 0 saturated heterocycles. The molecule has 0 spiro atoms. The molecule has 0 radical (unpaired) electrons. The van der Waals surface area contributed by atoms with Crippen LogP contribution < -0.4 is 8.85 Å². The van der Waals surface area contributed by atoms with Crippen molar-refractivity contribution < 1.29 is 14.0 Å². The van der Waals surface area contributed by atoms with Crippen LogP contribution >= 0.6 is 0 Å². The molecule has 0 unspecified atom stereocenters. The Bertz CT molecular complexity index is 1270. The van der Waals surface area contributed by atoms with Gasteiger partial charge in [0.1, 0.15) is 17.2 Å². The minimum Gasteiger partial charge on any atom is -0.544 e. The second-order valence-corrected chi connectivity index (χ2v) is 23.0. The smallest absolute Gasteiger partial charge is 0.250 e. The van der Waals surface area contributed by atoms with E-state index in [-0.39, 0.29) is 15.8 Å². The van der Waals surface area contributed by atoms with Crippen molar-refractivity contribution in [3.8, 4) is 17.2 Å². The maximum atomic E-state index is 9.97. The molecule has 0 aliphatic heterocycles. The monoisotopic (exact) mass is 560 g/mol. The van der Waals surface area contributed by atoms with Crippen molar-refractivity contribution in [2.75, 3.05) is 0 Å². The van der Waals surface area contributed by atoms with Crippen molar-refractivity contribution >= 4 is 27.8 Å². The van der Waals surface area contributed by atoms with Gasteiger partial charge in [0.25, 0.3) is 0 Å². The van der Waals surface area contributed by atoms with E-state index in [2.05, 4.69) is 123 Å². The highest BCUT2D eigenvalue weighted by Gasteiger charge is 2.39. The van der Waals surface area contributed by atoms with Crippen LogP contribution in [0.4, 0.5) is 0 Å². The molecule has 0 amide bonds. The summed E-state index contributed by atoms with van der Waals surface area (Å²) in [5.41, 5.74) is 5.78. The number of hydrogen-bond acceptors (Lipinski definition) is 3. The number of hydrogen-bond donors (Lipinski definition) is 1. The standard InChI is InChI=1S/C34H48O3Si2/c1-12-31(25-15-21-29(22-16-25)36-38(8,9)33(2,3)4)32(26-13-19-28(35)20-14-26)27-17-23-30(24-18-27)37-39(10,11)34(5,6)7/h13-24,35H,12H2,1-11H3/b32-31+. The molecule has 0 saturated carbocycles. The van der Waals surface area contributed by atoms with Crippen LogP contribution in [0.2, 0.25) is 36.3 Å². The molecular weight excluding hydrogens is 513 g/mol. The lowest BCUT2D eigenvalue weighted by molar-refractivity contribution is 0.475. The van der Waals surface area contributed by atoms with Gasteiger partial charge >= 0.3 is 0 Å². The van der Waals surface area contributed by atoms with Gasteiger partial charge in [-0.05, 0) is 107 Å². The first-order valence-corrected chi connectivity index (χ1v) is 19.9. The molecule has 0 fully saturated rings. The zero-order valence-electron chi connectivity index (χ0n) is 25.9. The van der Waals surface area contributed by atoms with Crippen molar-refractivity contribution in [2.24, 2.45) is 0 Å². The largest absolute Gasteiger partial charge is 0.544 e. The molecule has 0 atom stereocenters. The third-order valence-electron chi connectivity index (χ3n) is 8.52. The zero-order valence-corrected chi connectivity index (χ0v) is 27.9. The second-order valence-electron chi connectivity index (χ2n) is 13.5. The predicted molar refractivity (Wildman–Crippen MR) is 173 cm³/mol. The Hall–Kier alpha value is -2.77. The first-order valence-electron chi connectivity index (χ1n) is 14.1. The Morgan fingerprint density at radius 1 is 0.590 bits per heavy atom. The lowest BCUT2D eigenvalue weighted by Crippen LogP contribution is -2.43. The van der Waals surface area contributed by atoms with E-state index in [0.717, 1.165) is 34.6 Å². The molecule has 0 bridgehead atoms. The maximum Gasteiger partial charge on any atom is 0.250 e. The quantitative estimate of drug-likeness (QED) is 0.220. The van der Waals surface area contributed by atoms with E-state index in [1.807, 2.05) is 12.1 Å². The van der Waals surface area contributed by atoms with E-state index in [4.69, 9.17) is 8.85 Å². The molecule has 3 aromatic carbocycles. The van der Waals surface area contributed by atoms with Gasteiger partial charge in [-0.15, -0.1) is 0 Å². The van der Waals surface area contributed by atoms with Crippen LogP contribution in [-0.4, -0.2) is 21.7 Å². The van der Waals surface area contributed by atoms with Crippen molar-refractivity contribution in [3.05, 3.63) is 89.5 Å². The summed E-state index contributed by atoms with van der Waals surface area (Å²) in [5.74, 6) is 2.11. The number of phenols is 1. The van der Waals surface area contributed by atoms with Gasteiger partial charge in [0.15, 0.2) is 0 Å². The van der Waals surface area contributed by atoms with Gasteiger partial charge in [-0.1, -0.05) is 84.9 Å². The molecule has 39 heavy (non-hydrogen) atoms. The third kappa shape index (κ3) is 7.26. The van der Waals surface area contributed by atoms with Gasteiger partial charge in [0.2, 0.25) is 16.6 Å². The van der Waals surface area contributed by atoms with Gasteiger partial charge in [-0.2, -0.15) is 0 Å². The average molecular weight is 561 g/mol. The molecule has 0 aliphatic carbocycles. The summed E-state index contributed by atoms with van der Waals surface area (Å²) < 4.78 is 13.1. The first-order chi connectivity index (χ1) is 17.9. The van der Waals surface area contributed by atoms with Gasteiger partial charge in [-0.3, -0.25) is 0 Å². The molecule has 0 aromatic heterocycles. The lowest BCUT2D eigenvalue weighted by Gasteiger charge is -2.36. The van der Waals surface area contributed by atoms with E-state index in [9.17, 15) is 5.11 Å². The van der Waals surface area contributed by atoms with Crippen LogP contribution in [0.25, 0.3) is 11.1 Å². The highest BCUT2D eigenvalue weighted by atomic mass is 28.4. The molecule has 3 nitrogen and oxygen atoms in total. The molecule has 3 aromatic rings. The Labute approximate surface area is 239 Å². The maximum absolute atomic E-state index is 9.97. The third-order valence-corrected chi connectivity index (χ3v) is 17.2. The Kier molecular flexibility index (Phi) is 8.98. The van der Waals surface area contributed by atoms with Crippen molar-refractivity contribution in [2.45, 2.75) is 91.2 Å². The van der Waals surface area contributed by atoms with Crippen molar-refractivity contribution in [1.29, 1.82) is 0 Å². The summed E-state index contributed by atoms with van der Waals surface area (Å²) in [5, 5.41) is 10.3. The van der Waals surface area contributed by atoms with Crippen LogP contribution in [-0.2, 0) is 0 Å². The van der Waals surface area contributed by atoms with E-state index in [0.29, 0.717) is 0 Å². The minimum absolute atomic E-state index is 0.138. The predicted octanol–water partition coefficient (Wildman–Crippen LogP) is 10.5. The van der Waals surface area contributed by atoms with E-state index >= 15 is 0 Å². The van der Waals surface area contributed by atoms with Gasteiger partial charge in [0.05, 0.1) is 0 Å². The normalized spacial score (nSPS) is 13.6. The van der Waals surface area contributed by atoms with E-state index < -0.39 is 16.6 Å². The van der Waals surface area contributed by atoms with Crippen molar-refractivity contribution in [1.82, 2.24) is 0 Å². The first kappa shape index (κ1) is 30.8. The Balaban J connectivity index is 2.06. The van der Waals surface area contributed by atoms with Gasteiger partial charge in [-0.25, -0.2) is 0 Å². The molecular formula is C34H48O3Si2. The highest BCUT2D eigenvalue weighted by molar-refractivity contribution is 6.75. The average Bonchev–Trinajstić information content (AvgIpc) is 2.83. The number of allylic oxidation sites excluding steroid dienone is 1. The van der Waals surface area contributed by atoms with Crippen molar-refractivity contribution in [3.63, 3.8) is 0 Å². The van der Waals surface area contributed by atoms with Crippen LogP contribution in [0, 0.1) is 0 Å². The number of phenolic OH excluding ortho intramolecular Hbond substituents is 1. The summed E-state index contributed by atoms with van der Waals surface area (Å²) in [6.45, 7) is 24.9. The fourth-order valence-corrected chi connectivity index (χ4v) is 6.04. The fraction of sp³-hybridized carbons (Fsp3) is 0.412.